The van der Waals surface area contributed by atoms with Crippen LogP contribution >= 0.6 is 0 Å². The zero-order chi connectivity index (χ0) is 13.8. The van der Waals surface area contributed by atoms with Crippen LogP contribution in [0.3, 0.4) is 0 Å². The summed E-state index contributed by atoms with van der Waals surface area (Å²) in [5, 5.41) is 9.22. The Morgan fingerprint density at radius 2 is 2.11 bits per heavy atom. The molecule has 1 N–H and O–H groups in total. The Morgan fingerprint density at radius 3 is 2.74 bits per heavy atom. The van der Waals surface area contributed by atoms with E-state index in [-0.39, 0.29) is 25.2 Å². The van der Waals surface area contributed by atoms with Crippen LogP contribution in [0.4, 0.5) is 0 Å². The van der Waals surface area contributed by atoms with Gasteiger partial charge in [0.25, 0.3) is 5.91 Å². The molecule has 1 aliphatic heterocycles. The highest BCUT2D eigenvalue weighted by Gasteiger charge is 2.28. The first-order valence-corrected chi connectivity index (χ1v) is 6.73. The Kier molecular flexibility index (Phi) is 4.43. The van der Waals surface area contributed by atoms with Crippen LogP contribution in [0.2, 0.25) is 0 Å². The zero-order valence-electron chi connectivity index (χ0n) is 11.6. The highest BCUT2D eigenvalue weighted by Crippen LogP contribution is 2.23. The van der Waals surface area contributed by atoms with Crippen molar-refractivity contribution < 1.29 is 14.6 Å². The van der Waals surface area contributed by atoms with E-state index in [1.807, 2.05) is 32.0 Å². The molecule has 4 heteroatoms. The molecule has 0 spiro atoms. The number of rotatable bonds is 4. The molecule has 1 fully saturated rings. The smallest absolute Gasteiger partial charge is 0.260 e. The summed E-state index contributed by atoms with van der Waals surface area (Å²) < 4.78 is 5.66. The average Bonchev–Trinajstić information content (AvgIpc) is 2.86. The SMILES string of the molecule is Cc1cccc(C)c1OCC(=O)N1CCC[C@@H]1CO. The number of para-hydroxylation sites is 1. The summed E-state index contributed by atoms with van der Waals surface area (Å²) in [6, 6.07) is 5.88. The van der Waals surface area contributed by atoms with Crippen molar-refractivity contribution in [3.05, 3.63) is 29.3 Å². The van der Waals surface area contributed by atoms with Crippen LogP contribution in [-0.4, -0.2) is 41.7 Å². The lowest BCUT2D eigenvalue weighted by Gasteiger charge is -2.23. The van der Waals surface area contributed by atoms with Crippen LogP contribution in [-0.2, 0) is 4.79 Å². The van der Waals surface area contributed by atoms with Crippen LogP contribution < -0.4 is 4.74 Å². The van der Waals surface area contributed by atoms with Crippen molar-refractivity contribution in [2.45, 2.75) is 32.7 Å². The number of aliphatic hydroxyl groups is 1. The van der Waals surface area contributed by atoms with Crippen molar-refractivity contribution in [3.8, 4) is 5.75 Å². The first kappa shape index (κ1) is 13.9. The van der Waals surface area contributed by atoms with Gasteiger partial charge in [0.05, 0.1) is 12.6 Å². The van der Waals surface area contributed by atoms with Crippen molar-refractivity contribution in [2.24, 2.45) is 0 Å². The predicted molar refractivity (Wildman–Crippen MR) is 73.2 cm³/mol. The molecule has 1 aromatic rings. The third kappa shape index (κ3) is 3.07. The number of nitrogens with zero attached hydrogens (tertiary/aromatic N) is 1. The van der Waals surface area contributed by atoms with Gasteiger partial charge in [-0.2, -0.15) is 0 Å². The van der Waals surface area contributed by atoms with E-state index in [0.717, 1.165) is 36.3 Å². The molecular weight excluding hydrogens is 242 g/mol. The minimum Gasteiger partial charge on any atom is -0.483 e. The fraction of sp³-hybridized carbons (Fsp3) is 0.533. The summed E-state index contributed by atoms with van der Waals surface area (Å²) in [5.41, 5.74) is 2.07. The first-order chi connectivity index (χ1) is 9.13. The van der Waals surface area contributed by atoms with Crippen molar-refractivity contribution in [2.75, 3.05) is 19.8 Å². The lowest BCUT2D eigenvalue weighted by molar-refractivity contribution is -0.134. The minimum atomic E-state index is -0.0424. The standard InChI is InChI=1S/C15H21NO3/c1-11-5-3-6-12(2)15(11)19-10-14(18)16-8-4-7-13(16)9-17/h3,5-6,13,17H,4,7-10H2,1-2H3/t13-/m1/s1. The second kappa shape index (κ2) is 6.06. The number of carbonyl (C=O) groups excluding carboxylic acids is 1. The third-order valence-electron chi connectivity index (χ3n) is 3.66. The van der Waals surface area contributed by atoms with Crippen LogP contribution in [0, 0.1) is 13.8 Å². The van der Waals surface area contributed by atoms with E-state index in [1.54, 1.807) is 4.90 Å². The van der Waals surface area contributed by atoms with Crippen molar-refractivity contribution in [1.29, 1.82) is 0 Å². The quantitative estimate of drug-likeness (QED) is 0.899. The molecule has 0 bridgehead atoms. The highest BCUT2D eigenvalue weighted by molar-refractivity contribution is 5.78. The predicted octanol–water partition coefficient (Wildman–Crippen LogP) is 1.67. The summed E-state index contributed by atoms with van der Waals surface area (Å²) >= 11 is 0. The molecule has 19 heavy (non-hydrogen) atoms. The maximum Gasteiger partial charge on any atom is 0.260 e. The summed E-state index contributed by atoms with van der Waals surface area (Å²) in [7, 11) is 0. The van der Waals surface area contributed by atoms with Crippen LogP contribution in [0.15, 0.2) is 18.2 Å². The number of hydrogen-bond donors (Lipinski definition) is 1. The van der Waals surface area contributed by atoms with Gasteiger partial charge < -0.3 is 14.7 Å². The van der Waals surface area contributed by atoms with Gasteiger partial charge in [0.1, 0.15) is 5.75 Å². The van der Waals surface area contributed by atoms with Gasteiger partial charge in [-0.1, -0.05) is 18.2 Å². The van der Waals surface area contributed by atoms with E-state index in [2.05, 4.69) is 0 Å². The van der Waals surface area contributed by atoms with Gasteiger partial charge in [0, 0.05) is 6.54 Å². The number of ether oxygens (including phenoxy) is 1. The number of benzene rings is 1. The van der Waals surface area contributed by atoms with Crippen LogP contribution in [0.25, 0.3) is 0 Å². The highest BCUT2D eigenvalue weighted by atomic mass is 16.5. The fourth-order valence-corrected chi connectivity index (χ4v) is 2.60. The van der Waals surface area contributed by atoms with E-state index in [9.17, 15) is 9.90 Å². The molecule has 0 radical (unpaired) electrons. The zero-order valence-corrected chi connectivity index (χ0v) is 11.6. The van der Waals surface area contributed by atoms with Gasteiger partial charge in [0.15, 0.2) is 6.61 Å². The maximum atomic E-state index is 12.1. The Bertz CT molecular complexity index is 438. The second-order valence-corrected chi connectivity index (χ2v) is 5.08. The van der Waals surface area contributed by atoms with Crippen molar-refractivity contribution in [1.82, 2.24) is 4.90 Å². The van der Waals surface area contributed by atoms with Gasteiger partial charge in [-0.25, -0.2) is 0 Å². The average molecular weight is 263 g/mol. The molecule has 1 heterocycles. The third-order valence-corrected chi connectivity index (χ3v) is 3.66. The molecule has 0 saturated carbocycles. The second-order valence-electron chi connectivity index (χ2n) is 5.08. The number of aryl methyl sites for hydroxylation is 2. The van der Waals surface area contributed by atoms with Gasteiger partial charge in [-0.05, 0) is 37.8 Å². The Balaban J connectivity index is 1.97. The summed E-state index contributed by atoms with van der Waals surface area (Å²) in [5.74, 6) is 0.745. The van der Waals surface area contributed by atoms with Gasteiger partial charge in [-0.3, -0.25) is 4.79 Å². The molecule has 0 unspecified atom stereocenters. The van der Waals surface area contributed by atoms with E-state index in [1.165, 1.54) is 0 Å². The molecule has 0 aliphatic carbocycles. The Hall–Kier alpha value is -1.55. The van der Waals surface area contributed by atoms with Crippen molar-refractivity contribution in [3.63, 3.8) is 0 Å². The molecule has 2 rings (SSSR count). The first-order valence-electron chi connectivity index (χ1n) is 6.73. The monoisotopic (exact) mass is 263 g/mol. The Morgan fingerprint density at radius 1 is 1.42 bits per heavy atom. The van der Waals surface area contributed by atoms with E-state index in [0.29, 0.717) is 0 Å². The molecule has 1 aromatic carbocycles. The molecule has 1 amide bonds. The fourth-order valence-electron chi connectivity index (χ4n) is 2.60. The number of amides is 1. The molecule has 104 valence electrons. The molecule has 1 aliphatic rings. The number of aliphatic hydroxyl groups excluding tert-OH is 1. The van der Waals surface area contributed by atoms with Gasteiger partial charge in [-0.15, -0.1) is 0 Å². The Labute approximate surface area is 114 Å². The molecular formula is C15H21NO3. The maximum absolute atomic E-state index is 12.1. The molecule has 4 nitrogen and oxygen atoms in total. The molecule has 1 atom stereocenters. The van der Waals surface area contributed by atoms with Crippen molar-refractivity contribution >= 4 is 5.91 Å². The van der Waals surface area contributed by atoms with E-state index >= 15 is 0 Å². The minimum absolute atomic E-state index is 0.0333. The molecule has 0 aromatic heterocycles. The van der Waals surface area contributed by atoms with Crippen LogP contribution in [0.5, 0.6) is 5.75 Å². The number of hydrogen-bond acceptors (Lipinski definition) is 3. The topological polar surface area (TPSA) is 49.8 Å². The van der Waals surface area contributed by atoms with E-state index in [4.69, 9.17) is 4.74 Å². The van der Waals surface area contributed by atoms with E-state index < -0.39 is 0 Å². The lowest BCUT2D eigenvalue weighted by Crippen LogP contribution is -2.40. The van der Waals surface area contributed by atoms with Gasteiger partial charge >= 0.3 is 0 Å². The normalized spacial score (nSPS) is 18.7. The number of carbonyl (C=O) groups is 1. The summed E-state index contributed by atoms with van der Waals surface area (Å²) in [6.07, 6.45) is 1.84. The summed E-state index contributed by atoms with van der Waals surface area (Å²) in [4.78, 5) is 13.8. The lowest BCUT2D eigenvalue weighted by atomic mass is 10.1. The summed E-state index contributed by atoms with van der Waals surface area (Å²) in [6.45, 7) is 4.75. The molecule has 1 saturated heterocycles. The number of likely N-dealkylation sites (tertiary alicyclic amines) is 1. The van der Waals surface area contributed by atoms with Crippen LogP contribution in [0.1, 0.15) is 24.0 Å². The largest absolute Gasteiger partial charge is 0.483 e. The van der Waals surface area contributed by atoms with Gasteiger partial charge in [0.2, 0.25) is 0 Å².